The molecule has 0 heterocycles. The van der Waals surface area contributed by atoms with E-state index in [2.05, 4.69) is 19.2 Å². The second-order valence-electron chi connectivity index (χ2n) is 7.61. The number of amides is 1. The zero-order valence-corrected chi connectivity index (χ0v) is 18.3. The minimum atomic E-state index is -0.532. The number of carbonyl (C=O) groups excluding carboxylic acids is 3. The molecule has 0 bridgehead atoms. The van der Waals surface area contributed by atoms with Gasteiger partial charge in [-0.2, -0.15) is 0 Å². The molecule has 0 aromatic heterocycles. The van der Waals surface area contributed by atoms with Crippen LogP contribution in [0, 0.1) is 11.3 Å². The van der Waals surface area contributed by atoms with Crippen molar-refractivity contribution in [2.45, 2.75) is 79.6 Å². The van der Waals surface area contributed by atoms with Crippen molar-refractivity contribution in [3.05, 3.63) is 0 Å². The number of hydrogen-bond donors (Lipinski definition) is 1. The predicted octanol–water partition coefficient (Wildman–Crippen LogP) is 4.23. The van der Waals surface area contributed by atoms with Crippen LogP contribution in [0.3, 0.4) is 0 Å². The van der Waals surface area contributed by atoms with E-state index in [1.165, 1.54) is 0 Å². The van der Waals surface area contributed by atoms with E-state index in [1.807, 2.05) is 20.8 Å². The molecule has 7 heteroatoms. The summed E-state index contributed by atoms with van der Waals surface area (Å²) < 4.78 is 15.4. The Morgan fingerprint density at radius 3 is 2.18 bits per heavy atom. The van der Waals surface area contributed by atoms with Gasteiger partial charge in [0.1, 0.15) is 6.61 Å². The summed E-state index contributed by atoms with van der Waals surface area (Å²) in [7, 11) is 0. The van der Waals surface area contributed by atoms with Crippen LogP contribution in [0.25, 0.3) is 0 Å². The lowest BCUT2D eigenvalue weighted by atomic mass is 9.91. The lowest BCUT2D eigenvalue weighted by molar-refractivity contribution is -0.154. The monoisotopic (exact) mass is 401 g/mol. The molecule has 0 atom stereocenters. The maximum Gasteiger partial charge on any atom is 0.407 e. The van der Waals surface area contributed by atoms with E-state index in [9.17, 15) is 14.4 Å². The number of nitrogens with one attached hydrogen (secondary N) is 1. The van der Waals surface area contributed by atoms with E-state index in [0.29, 0.717) is 31.8 Å². The van der Waals surface area contributed by atoms with Gasteiger partial charge < -0.3 is 19.5 Å². The third-order valence-corrected chi connectivity index (χ3v) is 4.93. The summed E-state index contributed by atoms with van der Waals surface area (Å²) in [5.41, 5.74) is -0.513. The molecule has 0 saturated heterocycles. The largest absolute Gasteiger partial charge is 0.465 e. The average molecular weight is 402 g/mol. The lowest BCUT2D eigenvalue weighted by Gasteiger charge is -2.20. The van der Waals surface area contributed by atoms with Crippen LogP contribution in [0.2, 0.25) is 0 Å². The summed E-state index contributed by atoms with van der Waals surface area (Å²) in [6, 6.07) is 0. The van der Waals surface area contributed by atoms with Crippen molar-refractivity contribution in [3.8, 4) is 0 Å². The maximum absolute atomic E-state index is 11.8. The van der Waals surface area contributed by atoms with Crippen LogP contribution in [-0.4, -0.2) is 44.4 Å². The van der Waals surface area contributed by atoms with Gasteiger partial charge in [-0.25, -0.2) is 4.79 Å². The SMILES string of the molecule is CCC(CC)COC(=O)CCCCCOC(=O)NCCOC(=O)C(C)(C)CC. The zero-order chi connectivity index (χ0) is 21.4. The van der Waals surface area contributed by atoms with E-state index < -0.39 is 11.5 Å². The summed E-state index contributed by atoms with van der Waals surface area (Å²) in [6.07, 6.45) is 4.78. The van der Waals surface area contributed by atoms with E-state index >= 15 is 0 Å². The topological polar surface area (TPSA) is 90.9 Å². The first-order valence-electron chi connectivity index (χ1n) is 10.5. The molecule has 0 saturated carbocycles. The molecule has 0 aromatic rings. The summed E-state index contributed by atoms with van der Waals surface area (Å²) in [5, 5.41) is 2.54. The normalized spacial score (nSPS) is 11.2. The Morgan fingerprint density at radius 1 is 0.893 bits per heavy atom. The van der Waals surface area contributed by atoms with Crippen molar-refractivity contribution in [1.29, 1.82) is 0 Å². The number of ether oxygens (including phenoxy) is 3. The Labute approximate surface area is 169 Å². The van der Waals surface area contributed by atoms with Gasteiger partial charge in [0, 0.05) is 6.42 Å². The number of carbonyl (C=O) groups is 3. The van der Waals surface area contributed by atoms with Crippen LogP contribution >= 0.6 is 0 Å². The van der Waals surface area contributed by atoms with E-state index in [1.54, 1.807) is 0 Å². The van der Waals surface area contributed by atoms with Crippen LogP contribution in [0.5, 0.6) is 0 Å². The van der Waals surface area contributed by atoms with Crippen molar-refractivity contribution in [2.75, 3.05) is 26.4 Å². The Hall–Kier alpha value is -1.79. The van der Waals surface area contributed by atoms with Crippen molar-refractivity contribution in [1.82, 2.24) is 5.32 Å². The van der Waals surface area contributed by atoms with Gasteiger partial charge in [0.15, 0.2) is 0 Å². The molecular weight excluding hydrogens is 362 g/mol. The van der Waals surface area contributed by atoms with Gasteiger partial charge >= 0.3 is 18.0 Å². The fourth-order valence-electron chi connectivity index (χ4n) is 2.21. The number of hydrogen-bond acceptors (Lipinski definition) is 6. The minimum absolute atomic E-state index is 0.121. The van der Waals surface area contributed by atoms with Crippen LogP contribution in [0.4, 0.5) is 4.79 Å². The second kappa shape index (κ2) is 15.2. The quantitative estimate of drug-likeness (QED) is 0.251. The molecule has 0 aromatic carbocycles. The van der Waals surface area contributed by atoms with Gasteiger partial charge in [-0.1, -0.05) is 33.6 Å². The summed E-state index contributed by atoms with van der Waals surface area (Å²) in [6.45, 7) is 10.9. The molecule has 28 heavy (non-hydrogen) atoms. The van der Waals surface area contributed by atoms with Crippen molar-refractivity contribution < 1.29 is 28.6 Å². The third kappa shape index (κ3) is 12.6. The highest BCUT2D eigenvalue weighted by Gasteiger charge is 2.26. The maximum atomic E-state index is 11.8. The highest BCUT2D eigenvalue weighted by molar-refractivity contribution is 5.75. The van der Waals surface area contributed by atoms with Crippen molar-refractivity contribution >= 4 is 18.0 Å². The highest BCUT2D eigenvalue weighted by atomic mass is 16.6. The molecule has 0 aliphatic rings. The highest BCUT2D eigenvalue weighted by Crippen LogP contribution is 2.21. The molecule has 164 valence electrons. The number of esters is 2. The van der Waals surface area contributed by atoms with Crippen LogP contribution in [-0.2, 0) is 23.8 Å². The Morgan fingerprint density at radius 2 is 1.57 bits per heavy atom. The smallest absolute Gasteiger partial charge is 0.407 e. The first kappa shape index (κ1) is 26.2. The lowest BCUT2D eigenvalue weighted by Crippen LogP contribution is -2.32. The molecule has 0 spiro atoms. The van der Waals surface area contributed by atoms with Crippen LogP contribution < -0.4 is 5.32 Å². The molecular formula is C21H39NO6. The molecule has 0 unspecified atom stereocenters. The van der Waals surface area contributed by atoms with E-state index in [-0.39, 0.29) is 31.7 Å². The summed E-state index contributed by atoms with van der Waals surface area (Å²) in [5.74, 6) is 0.00693. The molecule has 0 radical (unpaired) electrons. The number of unbranched alkanes of at least 4 members (excludes halogenated alkanes) is 2. The Balaban J connectivity index is 3.60. The van der Waals surface area contributed by atoms with Gasteiger partial charge in [-0.05, 0) is 45.4 Å². The number of rotatable bonds is 15. The summed E-state index contributed by atoms with van der Waals surface area (Å²) >= 11 is 0. The van der Waals surface area contributed by atoms with E-state index in [4.69, 9.17) is 14.2 Å². The zero-order valence-electron chi connectivity index (χ0n) is 18.3. The predicted molar refractivity (Wildman–Crippen MR) is 108 cm³/mol. The van der Waals surface area contributed by atoms with Gasteiger partial charge in [-0.15, -0.1) is 0 Å². The minimum Gasteiger partial charge on any atom is -0.465 e. The van der Waals surface area contributed by atoms with Crippen molar-refractivity contribution in [2.24, 2.45) is 11.3 Å². The average Bonchev–Trinajstić information content (AvgIpc) is 2.68. The first-order chi connectivity index (χ1) is 13.3. The van der Waals surface area contributed by atoms with Crippen LogP contribution in [0.1, 0.15) is 79.6 Å². The van der Waals surface area contributed by atoms with E-state index in [0.717, 1.165) is 25.7 Å². The third-order valence-electron chi connectivity index (χ3n) is 4.93. The molecule has 1 N–H and O–H groups in total. The number of alkyl carbamates (subject to hydrolysis) is 1. The molecule has 0 aliphatic heterocycles. The Bertz CT molecular complexity index is 460. The fraction of sp³-hybridized carbons (Fsp3) is 0.857. The summed E-state index contributed by atoms with van der Waals surface area (Å²) in [4.78, 5) is 34.9. The van der Waals surface area contributed by atoms with Gasteiger partial charge in [0.05, 0.1) is 25.2 Å². The van der Waals surface area contributed by atoms with Gasteiger partial charge in [-0.3, -0.25) is 9.59 Å². The van der Waals surface area contributed by atoms with Gasteiger partial charge in [0.2, 0.25) is 0 Å². The second-order valence-corrected chi connectivity index (χ2v) is 7.61. The molecule has 1 amide bonds. The van der Waals surface area contributed by atoms with Crippen LogP contribution in [0.15, 0.2) is 0 Å². The molecule has 0 fully saturated rings. The standard InChI is InChI=1S/C21H39NO6/c1-6-17(7-2)16-28-18(23)12-10-9-11-14-27-20(25)22-13-15-26-19(24)21(4,5)8-3/h17H,6-16H2,1-5H3,(H,22,25). The molecule has 0 rings (SSSR count). The molecule has 7 nitrogen and oxygen atoms in total. The first-order valence-corrected chi connectivity index (χ1v) is 10.5. The van der Waals surface area contributed by atoms with Crippen molar-refractivity contribution in [3.63, 3.8) is 0 Å². The van der Waals surface area contributed by atoms with Gasteiger partial charge in [0.25, 0.3) is 0 Å². The molecule has 0 aliphatic carbocycles. The fourth-order valence-corrected chi connectivity index (χ4v) is 2.21. The Kier molecular flexibility index (Phi) is 14.2.